The van der Waals surface area contributed by atoms with Crippen LogP contribution in [0.4, 0.5) is 5.00 Å². The van der Waals surface area contributed by atoms with Crippen LogP contribution in [0, 0.1) is 13.8 Å². The highest BCUT2D eigenvalue weighted by Crippen LogP contribution is 2.38. The van der Waals surface area contributed by atoms with Gasteiger partial charge in [0, 0.05) is 16.0 Å². The van der Waals surface area contributed by atoms with E-state index in [4.69, 9.17) is 27.9 Å². The third-order valence-electron chi connectivity index (χ3n) is 4.35. The third kappa shape index (κ3) is 4.64. The molecule has 1 heterocycles. The van der Waals surface area contributed by atoms with Gasteiger partial charge in [-0.1, -0.05) is 47.0 Å². The van der Waals surface area contributed by atoms with E-state index in [1.54, 1.807) is 19.1 Å². The molecule has 0 aliphatic heterocycles. The summed E-state index contributed by atoms with van der Waals surface area (Å²) in [6, 6.07) is 10.6. The number of anilines is 1. The average molecular weight is 448 g/mol. The van der Waals surface area contributed by atoms with Crippen LogP contribution in [0.3, 0.4) is 0 Å². The van der Waals surface area contributed by atoms with Crippen LogP contribution in [-0.2, 0) is 4.74 Å². The molecule has 150 valence electrons. The van der Waals surface area contributed by atoms with Gasteiger partial charge in [-0.25, -0.2) is 4.79 Å². The van der Waals surface area contributed by atoms with Crippen molar-refractivity contribution in [1.29, 1.82) is 0 Å². The molecule has 0 radical (unpaired) electrons. The summed E-state index contributed by atoms with van der Waals surface area (Å²) in [4.78, 5) is 25.5. The molecule has 2 aromatic carbocycles. The van der Waals surface area contributed by atoms with Crippen molar-refractivity contribution in [3.05, 3.63) is 74.1 Å². The lowest BCUT2D eigenvalue weighted by atomic mass is 9.97. The van der Waals surface area contributed by atoms with Crippen molar-refractivity contribution in [2.75, 3.05) is 11.9 Å². The van der Waals surface area contributed by atoms with Gasteiger partial charge in [-0.05, 0) is 50.1 Å². The van der Waals surface area contributed by atoms with Crippen LogP contribution in [-0.4, -0.2) is 18.5 Å². The minimum atomic E-state index is -0.485. The fourth-order valence-corrected chi connectivity index (χ4v) is 4.45. The molecule has 0 spiro atoms. The van der Waals surface area contributed by atoms with Crippen LogP contribution in [0.25, 0.3) is 11.1 Å². The van der Waals surface area contributed by atoms with Gasteiger partial charge in [0.2, 0.25) is 0 Å². The zero-order valence-corrected chi connectivity index (χ0v) is 18.5. The maximum Gasteiger partial charge on any atom is 0.341 e. The van der Waals surface area contributed by atoms with Crippen molar-refractivity contribution in [3.63, 3.8) is 0 Å². The molecule has 0 fully saturated rings. The minimum Gasteiger partial charge on any atom is -0.462 e. The molecule has 0 saturated carbocycles. The number of halogens is 2. The second-order valence-corrected chi connectivity index (χ2v) is 8.19. The molecule has 29 heavy (non-hydrogen) atoms. The minimum absolute atomic E-state index is 0.234. The molecule has 0 aliphatic carbocycles. The zero-order valence-electron chi connectivity index (χ0n) is 16.1. The molecule has 0 aliphatic rings. The van der Waals surface area contributed by atoms with Gasteiger partial charge in [-0.3, -0.25) is 4.79 Å². The predicted octanol–water partition coefficient (Wildman–Crippen LogP) is 6.77. The number of rotatable bonds is 5. The van der Waals surface area contributed by atoms with Gasteiger partial charge in [0.05, 0.1) is 17.2 Å². The molecule has 1 aromatic heterocycles. The Morgan fingerprint density at radius 3 is 2.48 bits per heavy atom. The molecule has 0 saturated heterocycles. The fourth-order valence-electron chi connectivity index (χ4n) is 3.01. The SMILES string of the molecule is CCOC(=O)c1c(-c2ccc(C)cc2C)csc1NC(=O)c1ccc(Cl)cc1Cl. The summed E-state index contributed by atoms with van der Waals surface area (Å²) in [6.45, 7) is 5.98. The predicted molar refractivity (Wildman–Crippen MR) is 120 cm³/mol. The van der Waals surface area contributed by atoms with E-state index in [0.717, 1.165) is 22.3 Å². The lowest BCUT2D eigenvalue weighted by Crippen LogP contribution is -2.15. The van der Waals surface area contributed by atoms with Crippen LogP contribution >= 0.6 is 34.5 Å². The standard InChI is InChI=1S/C22H19Cl2NO3S/c1-4-28-22(27)19-17(15-7-5-12(2)9-13(15)3)11-29-21(19)25-20(26)16-8-6-14(23)10-18(16)24/h5-11H,4H2,1-3H3,(H,25,26). The molecule has 3 rings (SSSR count). The molecule has 0 atom stereocenters. The van der Waals surface area contributed by atoms with Crippen LogP contribution < -0.4 is 5.32 Å². The Kier molecular flexibility index (Phi) is 6.63. The normalized spacial score (nSPS) is 10.7. The topological polar surface area (TPSA) is 55.4 Å². The summed E-state index contributed by atoms with van der Waals surface area (Å²) in [5.41, 5.74) is 4.41. The number of amides is 1. The van der Waals surface area contributed by atoms with Crippen molar-refractivity contribution in [1.82, 2.24) is 0 Å². The van der Waals surface area contributed by atoms with Crippen molar-refractivity contribution in [3.8, 4) is 11.1 Å². The van der Waals surface area contributed by atoms with Gasteiger partial charge in [-0.15, -0.1) is 11.3 Å². The van der Waals surface area contributed by atoms with Crippen molar-refractivity contribution in [2.24, 2.45) is 0 Å². The van der Waals surface area contributed by atoms with E-state index in [9.17, 15) is 9.59 Å². The Labute approximate surface area is 183 Å². The average Bonchev–Trinajstić information content (AvgIpc) is 3.05. The van der Waals surface area contributed by atoms with Gasteiger partial charge in [0.25, 0.3) is 5.91 Å². The van der Waals surface area contributed by atoms with E-state index in [-0.39, 0.29) is 17.2 Å². The maximum absolute atomic E-state index is 12.8. The van der Waals surface area contributed by atoms with E-state index in [1.165, 1.54) is 17.4 Å². The fraction of sp³-hybridized carbons (Fsp3) is 0.182. The van der Waals surface area contributed by atoms with Crippen molar-refractivity contribution < 1.29 is 14.3 Å². The smallest absolute Gasteiger partial charge is 0.341 e. The Hall–Kier alpha value is -2.34. The lowest BCUT2D eigenvalue weighted by molar-refractivity contribution is 0.0529. The molecular weight excluding hydrogens is 429 g/mol. The van der Waals surface area contributed by atoms with E-state index in [2.05, 4.69) is 5.32 Å². The Bertz CT molecular complexity index is 1090. The monoisotopic (exact) mass is 447 g/mol. The Morgan fingerprint density at radius 2 is 1.83 bits per heavy atom. The molecule has 3 aromatic rings. The van der Waals surface area contributed by atoms with Crippen LogP contribution in [0.2, 0.25) is 10.0 Å². The van der Waals surface area contributed by atoms with Gasteiger partial charge in [0.15, 0.2) is 0 Å². The van der Waals surface area contributed by atoms with Gasteiger partial charge < -0.3 is 10.1 Å². The second-order valence-electron chi connectivity index (χ2n) is 6.47. The zero-order chi connectivity index (χ0) is 21.1. The number of thiophene rings is 1. The largest absolute Gasteiger partial charge is 0.462 e. The molecule has 7 heteroatoms. The first-order valence-electron chi connectivity index (χ1n) is 8.94. The summed E-state index contributed by atoms with van der Waals surface area (Å²) in [7, 11) is 0. The Morgan fingerprint density at radius 1 is 1.07 bits per heavy atom. The van der Waals surface area contributed by atoms with E-state index < -0.39 is 11.9 Å². The van der Waals surface area contributed by atoms with Crippen LogP contribution in [0.15, 0.2) is 41.8 Å². The number of carbonyl (C=O) groups excluding carboxylic acids is 2. The first-order chi connectivity index (χ1) is 13.8. The highest BCUT2D eigenvalue weighted by molar-refractivity contribution is 7.15. The Balaban J connectivity index is 2.04. The third-order valence-corrected chi connectivity index (χ3v) is 5.79. The van der Waals surface area contributed by atoms with Crippen LogP contribution in [0.5, 0.6) is 0 Å². The number of carbonyl (C=O) groups is 2. The number of ether oxygens (including phenoxy) is 1. The van der Waals surface area contributed by atoms with Crippen molar-refractivity contribution in [2.45, 2.75) is 20.8 Å². The lowest BCUT2D eigenvalue weighted by Gasteiger charge is -2.11. The van der Waals surface area contributed by atoms with E-state index >= 15 is 0 Å². The first kappa shape index (κ1) is 21.4. The number of hydrogen-bond acceptors (Lipinski definition) is 4. The highest BCUT2D eigenvalue weighted by atomic mass is 35.5. The van der Waals surface area contributed by atoms with Crippen molar-refractivity contribution >= 4 is 51.4 Å². The maximum atomic E-state index is 12.8. The molecule has 1 N–H and O–H groups in total. The molecular formula is C22H19Cl2NO3S. The van der Waals surface area contributed by atoms with Gasteiger partial charge >= 0.3 is 5.97 Å². The highest BCUT2D eigenvalue weighted by Gasteiger charge is 2.24. The number of hydrogen-bond donors (Lipinski definition) is 1. The number of aryl methyl sites for hydroxylation is 2. The first-order valence-corrected chi connectivity index (χ1v) is 10.6. The molecule has 0 unspecified atom stereocenters. The second kappa shape index (κ2) is 8.99. The van der Waals surface area contributed by atoms with E-state index in [1.807, 2.05) is 37.4 Å². The quantitative estimate of drug-likeness (QED) is 0.439. The van der Waals surface area contributed by atoms with Gasteiger partial charge in [-0.2, -0.15) is 0 Å². The van der Waals surface area contributed by atoms with Crippen LogP contribution in [0.1, 0.15) is 38.8 Å². The summed E-state index contributed by atoms with van der Waals surface area (Å²) in [6.07, 6.45) is 0. The summed E-state index contributed by atoms with van der Waals surface area (Å²) in [5, 5.41) is 5.73. The van der Waals surface area contributed by atoms with Gasteiger partial charge in [0.1, 0.15) is 10.6 Å². The van der Waals surface area contributed by atoms with E-state index in [0.29, 0.717) is 15.6 Å². The summed E-state index contributed by atoms with van der Waals surface area (Å²) in [5.74, 6) is -0.910. The number of esters is 1. The molecule has 1 amide bonds. The number of nitrogens with one attached hydrogen (secondary N) is 1. The molecule has 4 nitrogen and oxygen atoms in total. The summed E-state index contributed by atoms with van der Waals surface area (Å²) < 4.78 is 5.25. The summed E-state index contributed by atoms with van der Waals surface area (Å²) >= 11 is 13.3. The molecule has 0 bridgehead atoms. The number of benzene rings is 2.